The van der Waals surface area contributed by atoms with Crippen molar-refractivity contribution in [1.29, 1.82) is 0 Å². The van der Waals surface area contributed by atoms with Gasteiger partial charge in [0.05, 0.1) is 17.7 Å². The number of carbonyl (C=O) groups excluding carboxylic acids is 1. The highest BCUT2D eigenvalue weighted by Gasteiger charge is 2.26. The summed E-state index contributed by atoms with van der Waals surface area (Å²) in [6, 6.07) is 17.8. The van der Waals surface area contributed by atoms with Crippen LogP contribution in [-0.2, 0) is 11.2 Å². The van der Waals surface area contributed by atoms with Gasteiger partial charge in [-0.15, -0.1) is 0 Å². The van der Waals surface area contributed by atoms with Gasteiger partial charge in [-0.2, -0.15) is 0 Å². The summed E-state index contributed by atoms with van der Waals surface area (Å²) in [6.07, 6.45) is 7.24. The fourth-order valence-electron chi connectivity index (χ4n) is 4.95. The summed E-state index contributed by atoms with van der Waals surface area (Å²) in [5, 5.41) is 4.18. The lowest BCUT2D eigenvalue weighted by Gasteiger charge is -2.14. The average Bonchev–Trinajstić information content (AvgIpc) is 3.56. The number of fused-ring (bicyclic) bond motifs is 2. The molecule has 0 spiro atoms. The van der Waals surface area contributed by atoms with E-state index in [2.05, 4.69) is 39.7 Å². The van der Waals surface area contributed by atoms with Crippen LogP contribution < -0.4 is 15.8 Å². The van der Waals surface area contributed by atoms with E-state index in [1.54, 1.807) is 12.3 Å². The molecule has 0 radical (unpaired) electrons. The molecular formula is C31H28N4O3. The number of anilines is 2. The molecule has 0 unspecified atom stereocenters. The molecular weight excluding hydrogens is 476 g/mol. The highest BCUT2D eigenvalue weighted by molar-refractivity contribution is 6.35. The third kappa shape index (κ3) is 4.32. The van der Waals surface area contributed by atoms with Gasteiger partial charge in [-0.25, -0.2) is 4.98 Å². The number of nitrogen functional groups attached to an aromatic ring is 1. The van der Waals surface area contributed by atoms with Gasteiger partial charge in [0.1, 0.15) is 23.1 Å². The molecule has 0 bridgehead atoms. The lowest BCUT2D eigenvalue weighted by Crippen LogP contribution is -2.03. The van der Waals surface area contributed by atoms with Gasteiger partial charge in [0.15, 0.2) is 0 Å². The molecule has 0 fully saturated rings. The maximum absolute atomic E-state index is 12.8. The molecule has 7 heteroatoms. The minimum absolute atomic E-state index is 0.170. The number of furan rings is 1. The first-order valence-corrected chi connectivity index (χ1v) is 12.6. The van der Waals surface area contributed by atoms with Crippen molar-refractivity contribution in [2.75, 3.05) is 17.7 Å². The number of aromatic nitrogens is 2. The number of hydrogen-bond donors (Lipinski definition) is 3. The number of nitrogens with one attached hydrogen (secondary N) is 2. The van der Waals surface area contributed by atoms with Crippen LogP contribution in [0.15, 0.2) is 71.4 Å². The number of carbonyl (C=O) groups is 1. The van der Waals surface area contributed by atoms with Gasteiger partial charge in [-0.05, 0) is 79.8 Å². The van der Waals surface area contributed by atoms with Gasteiger partial charge >= 0.3 is 0 Å². The summed E-state index contributed by atoms with van der Waals surface area (Å²) in [5.41, 5.74) is 13.4. The summed E-state index contributed by atoms with van der Waals surface area (Å²) < 4.78 is 12.0. The SMILES string of the molecule is Cc1cc(C=C2C(=O)Nc3ccc(-c4c(OCCCc5c[nH]c6ccccc56)ccnc4N)cc32)oc1C. The number of H-pyrrole nitrogens is 1. The molecule has 4 N–H and O–H groups in total. The van der Waals surface area contributed by atoms with Crippen LogP contribution >= 0.6 is 0 Å². The first-order chi connectivity index (χ1) is 18.5. The Morgan fingerprint density at radius 3 is 2.82 bits per heavy atom. The predicted octanol–water partition coefficient (Wildman–Crippen LogP) is 6.53. The number of hydrogen-bond acceptors (Lipinski definition) is 5. The predicted molar refractivity (Wildman–Crippen MR) is 151 cm³/mol. The van der Waals surface area contributed by atoms with Crippen molar-refractivity contribution in [2.24, 2.45) is 0 Å². The van der Waals surface area contributed by atoms with E-state index >= 15 is 0 Å². The van der Waals surface area contributed by atoms with Gasteiger partial charge in [-0.1, -0.05) is 24.3 Å². The zero-order valence-corrected chi connectivity index (χ0v) is 21.3. The Balaban J connectivity index is 1.25. The van der Waals surface area contributed by atoms with Crippen LogP contribution in [0.3, 0.4) is 0 Å². The van der Waals surface area contributed by atoms with E-state index in [0.717, 1.165) is 46.5 Å². The summed E-state index contributed by atoms with van der Waals surface area (Å²) in [5.74, 6) is 2.34. The van der Waals surface area contributed by atoms with E-state index < -0.39 is 0 Å². The van der Waals surface area contributed by atoms with Crippen molar-refractivity contribution >= 4 is 40.0 Å². The van der Waals surface area contributed by atoms with Crippen LogP contribution in [0.4, 0.5) is 11.5 Å². The van der Waals surface area contributed by atoms with E-state index in [1.165, 1.54) is 10.9 Å². The molecule has 1 aliphatic rings. The number of amides is 1. The second-order valence-electron chi connectivity index (χ2n) is 9.54. The lowest BCUT2D eigenvalue weighted by molar-refractivity contribution is -0.110. The zero-order chi connectivity index (χ0) is 26.2. The van der Waals surface area contributed by atoms with Crippen molar-refractivity contribution in [3.63, 3.8) is 0 Å². The number of benzene rings is 2. The molecule has 0 saturated carbocycles. The zero-order valence-electron chi connectivity index (χ0n) is 21.3. The van der Waals surface area contributed by atoms with Crippen LogP contribution in [0.25, 0.3) is 33.7 Å². The van der Waals surface area contributed by atoms with Crippen LogP contribution in [0.5, 0.6) is 5.75 Å². The van der Waals surface area contributed by atoms with E-state index in [4.69, 9.17) is 14.9 Å². The molecule has 38 heavy (non-hydrogen) atoms. The Labute approximate surface area is 220 Å². The molecule has 1 aliphatic heterocycles. The van der Waals surface area contributed by atoms with Crippen molar-refractivity contribution in [3.8, 4) is 16.9 Å². The molecule has 4 heterocycles. The summed E-state index contributed by atoms with van der Waals surface area (Å²) in [4.78, 5) is 20.4. The third-order valence-electron chi connectivity index (χ3n) is 7.03. The Bertz CT molecular complexity index is 1690. The van der Waals surface area contributed by atoms with Gasteiger partial charge in [0.25, 0.3) is 5.91 Å². The van der Waals surface area contributed by atoms with Crippen LogP contribution in [0, 0.1) is 13.8 Å². The molecule has 0 atom stereocenters. The van der Waals surface area contributed by atoms with E-state index in [9.17, 15) is 4.79 Å². The van der Waals surface area contributed by atoms with Gasteiger partial charge < -0.3 is 25.2 Å². The molecule has 2 aromatic carbocycles. The monoisotopic (exact) mass is 504 g/mol. The Morgan fingerprint density at radius 1 is 1.11 bits per heavy atom. The maximum Gasteiger partial charge on any atom is 0.256 e. The number of aryl methyl sites for hydroxylation is 3. The van der Waals surface area contributed by atoms with Crippen LogP contribution in [-0.4, -0.2) is 22.5 Å². The molecule has 0 aliphatic carbocycles. The Hall–Kier alpha value is -4.78. The summed E-state index contributed by atoms with van der Waals surface area (Å²) in [7, 11) is 0. The first kappa shape index (κ1) is 23.6. The molecule has 7 nitrogen and oxygen atoms in total. The molecule has 3 aromatic heterocycles. The molecule has 0 saturated heterocycles. The largest absolute Gasteiger partial charge is 0.493 e. The lowest BCUT2D eigenvalue weighted by atomic mass is 9.98. The minimum atomic E-state index is -0.170. The first-order valence-electron chi connectivity index (χ1n) is 12.6. The van der Waals surface area contributed by atoms with Crippen LogP contribution in [0.1, 0.15) is 34.6 Å². The number of nitrogens with two attached hydrogens (primary N) is 1. The molecule has 5 aromatic rings. The second kappa shape index (κ2) is 9.59. The Morgan fingerprint density at radius 2 is 1.97 bits per heavy atom. The summed E-state index contributed by atoms with van der Waals surface area (Å²) in [6.45, 7) is 4.42. The smallest absolute Gasteiger partial charge is 0.256 e. The van der Waals surface area contributed by atoms with E-state index in [-0.39, 0.29) is 5.91 Å². The number of rotatable bonds is 7. The summed E-state index contributed by atoms with van der Waals surface area (Å²) >= 11 is 0. The number of ether oxygens (including phenoxy) is 1. The fraction of sp³-hybridized carbons (Fsp3) is 0.161. The highest BCUT2D eigenvalue weighted by Crippen LogP contribution is 2.40. The molecule has 6 rings (SSSR count). The normalized spacial score (nSPS) is 13.7. The van der Waals surface area contributed by atoms with Crippen molar-refractivity contribution < 1.29 is 13.9 Å². The van der Waals surface area contributed by atoms with Gasteiger partial charge in [-0.3, -0.25) is 4.79 Å². The molecule has 190 valence electrons. The average molecular weight is 505 g/mol. The second-order valence-corrected chi connectivity index (χ2v) is 9.54. The Kier molecular flexibility index (Phi) is 5.96. The topological polar surface area (TPSA) is 106 Å². The highest BCUT2D eigenvalue weighted by atomic mass is 16.5. The number of pyridine rings is 1. The standard InChI is InChI=1S/C31H28N4O3/c1-18-14-22(38-19(18)2)16-25-24-15-20(9-10-27(24)35-31(25)36)29-28(11-12-33-30(29)32)37-13-5-6-21-17-34-26-8-4-3-7-23(21)26/h3-4,7-12,14-17,34H,5-6,13H2,1-2H3,(H2,32,33)(H,35,36). The van der Waals surface area contributed by atoms with Crippen molar-refractivity contribution in [1.82, 2.24) is 9.97 Å². The van der Waals surface area contributed by atoms with Gasteiger partial charge in [0.2, 0.25) is 0 Å². The minimum Gasteiger partial charge on any atom is -0.493 e. The van der Waals surface area contributed by atoms with Gasteiger partial charge in [0, 0.05) is 34.5 Å². The van der Waals surface area contributed by atoms with E-state index in [0.29, 0.717) is 35.1 Å². The maximum atomic E-state index is 12.8. The van der Waals surface area contributed by atoms with E-state index in [1.807, 2.05) is 50.2 Å². The van der Waals surface area contributed by atoms with Crippen molar-refractivity contribution in [2.45, 2.75) is 26.7 Å². The fourth-order valence-corrected chi connectivity index (χ4v) is 4.95. The van der Waals surface area contributed by atoms with Crippen LogP contribution in [0.2, 0.25) is 0 Å². The molecule has 1 amide bonds. The van der Waals surface area contributed by atoms with Crippen molar-refractivity contribution in [3.05, 3.63) is 95.2 Å². The number of nitrogens with zero attached hydrogens (tertiary/aromatic N) is 1. The quantitative estimate of drug-likeness (QED) is 0.173. The third-order valence-corrected chi connectivity index (χ3v) is 7.03. The number of para-hydroxylation sites is 1. The number of aromatic amines is 1.